The minimum Gasteiger partial charge on any atom is -0.302 e. The lowest BCUT2D eigenvalue weighted by molar-refractivity contribution is -0.143. The highest BCUT2D eigenvalue weighted by Gasteiger charge is 2.41. The number of aryl methyl sites for hydroxylation is 1. The van der Waals surface area contributed by atoms with E-state index >= 15 is 0 Å². The number of para-hydroxylation sites is 1. The van der Waals surface area contributed by atoms with Gasteiger partial charge >= 0.3 is 6.18 Å². The van der Waals surface area contributed by atoms with Crippen LogP contribution in [0.5, 0.6) is 0 Å². The molecule has 0 aliphatic heterocycles. The molecule has 0 fully saturated rings. The summed E-state index contributed by atoms with van der Waals surface area (Å²) in [5.74, 6) is -2.50. The quantitative estimate of drug-likeness (QED) is 0.167. The molecule has 2 heterocycles. The molecule has 2 aromatic carbocycles. The number of benzene rings is 2. The predicted octanol–water partition coefficient (Wildman–Crippen LogP) is 4.03. The van der Waals surface area contributed by atoms with Crippen LogP contribution in [0.3, 0.4) is 0 Å². The van der Waals surface area contributed by atoms with Crippen LogP contribution >= 0.6 is 0 Å². The number of anilines is 1. The van der Waals surface area contributed by atoms with Crippen molar-refractivity contribution in [2.24, 2.45) is 4.99 Å². The van der Waals surface area contributed by atoms with Crippen LogP contribution in [-0.2, 0) is 6.18 Å². The number of amidine groups is 1. The molecule has 4 rings (SSSR count). The van der Waals surface area contributed by atoms with E-state index in [1.165, 1.54) is 43.3 Å². The summed E-state index contributed by atoms with van der Waals surface area (Å²) in [6.07, 6.45) is -4.16. The maximum atomic E-state index is 13.9. The van der Waals surface area contributed by atoms with E-state index in [-0.39, 0.29) is 28.5 Å². The van der Waals surface area contributed by atoms with Crippen molar-refractivity contribution in [3.8, 4) is 5.69 Å². The maximum absolute atomic E-state index is 13.9. The molecule has 0 atom stereocenters. The number of carbonyl (C=O) groups excluding carboxylic acids is 1. The molecule has 0 aliphatic carbocycles. The Morgan fingerprint density at radius 1 is 1.14 bits per heavy atom. The first-order valence-corrected chi connectivity index (χ1v) is 9.79. The first kappa shape index (κ1) is 23.6. The second-order valence-electron chi connectivity index (χ2n) is 7.07. The van der Waals surface area contributed by atoms with Crippen molar-refractivity contribution in [1.82, 2.24) is 25.6 Å². The van der Waals surface area contributed by atoms with Crippen LogP contribution in [0, 0.1) is 12.7 Å². The molecule has 180 valence electrons. The van der Waals surface area contributed by atoms with Gasteiger partial charge in [-0.3, -0.25) is 15.5 Å². The minimum atomic E-state index is -4.93. The molecule has 14 heteroatoms. The Hall–Kier alpha value is -4.59. The van der Waals surface area contributed by atoms with Crippen LogP contribution in [0.2, 0.25) is 0 Å². The van der Waals surface area contributed by atoms with E-state index in [0.717, 1.165) is 12.3 Å². The Bertz CT molecular complexity index is 1400. The molecule has 10 nitrogen and oxygen atoms in total. The van der Waals surface area contributed by atoms with Crippen LogP contribution in [0.15, 0.2) is 64.3 Å². The Morgan fingerprint density at radius 2 is 1.89 bits per heavy atom. The van der Waals surface area contributed by atoms with Crippen LogP contribution in [0.4, 0.5) is 29.1 Å². The number of nitrogens with zero attached hydrogens (tertiary/aromatic N) is 5. The van der Waals surface area contributed by atoms with Gasteiger partial charge in [0.2, 0.25) is 5.82 Å². The molecule has 4 aromatic rings. The van der Waals surface area contributed by atoms with E-state index in [0.29, 0.717) is 4.68 Å². The van der Waals surface area contributed by atoms with Crippen molar-refractivity contribution < 1.29 is 32.2 Å². The van der Waals surface area contributed by atoms with E-state index in [1.54, 1.807) is 11.5 Å². The molecule has 1 amide bonds. The summed E-state index contributed by atoms with van der Waals surface area (Å²) < 4.78 is 60.2. The third-order valence-electron chi connectivity index (χ3n) is 4.72. The number of aromatic nitrogens is 4. The van der Waals surface area contributed by atoms with Crippen LogP contribution in [-0.4, -0.2) is 37.0 Å². The predicted molar refractivity (Wildman–Crippen MR) is 113 cm³/mol. The summed E-state index contributed by atoms with van der Waals surface area (Å²) in [5.41, 5.74) is -0.120. The lowest BCUT2D eigenvalue weighted by atomic mass is 10.2. The number of halogens is 4. The van der Waals surface area contributed by atoms with Gasteiger partial charge in [0.25, 0.3) is 5.91 Å². The fourth-order valence-electron chi connectivity index (χ4n) is 3.11. The maximum Gasteiger partial charge on any atom is 0.434 e. The van der Waals surface area contributed by atoms with E-state index in [1.807, 2.05) is 0 Å². The molecule has 2 aromatic heterocycles. The fraction of sp³-hybridized carbons (Fsp3) is 0.0952. The zero-order chi connectivity index (χ0) is 25.2. The summed E-state index contributed by atoms with van der Waals surface area (Å²) in [6.45, 7) is 1.50. The molecular weight excluding hydrogens is 474 g/mol. The molecular formula is C21H15F4N7O3. The van der Waals surface area contributed by atoms with Gasteiger partial charge in [-0.1, -0.05) is 18.2 Å². The Balaban J connectivity index is 1.68. The van der Waals surface area contributed by atoms with E-state index in [2.05, 4.69) is 30.4 Å². The first-order chi connectivity index (χ1) is 16.7. The van der Waals surface area contributed by atoms with Crippen molar-refractivity contribution in [2.75, 3.05) is 5.32 Å². The number of amides is 1. The molecule has 3 N–H and O–H groups in total. The van der Waals surface area contributed by atoms with E-state index < -0.39 is 35.0 Å². The number of alkyl halides is 3. The average molecular weight is 489 g/mol. The van der Waals surface area contributed by atoms with Crippen molar-refractivity contribution in [3.05, 3.63) is 83.1 Å². The summed E-state index contributed by atoms with van der Waals surface area (Å²) in [5, 5.41) is 22.4. The number of rotatable bonds is 5. The first-order valence-electron chi connectivity index (χ1n) is 9.79. The van der Waals surface area contributed by atoms with Gasteiger partial charge in [0.15, 0.2) is 17.2 Å². The third kappa shape index (κ3) is 4.86. The smallest absolute Gasteiger partial charge is 0.302 e. The molecule has 0 aliphatic rings. The number of aliphatic imine (C=N–C) groups is 1. The fourth-order valence-corrected chi connectivity index (χ4v) is 3.11. The van der Waals surface area contributed by atoms with Crippen molar-refractivity contribution in [3.63, 3.8) is 0 Å². The van der Waals surface area contributed by atoms with Crippen LogP contribution in [0.1, 0.15) is 27.3 Å². The Labute approximate surface area is 193 Å². The highest BCUT2D eigenvalue weighted by Crippen LogP contribution is 2.34. The summed E-state index contributed by atoms with van der Waals surface area (Å²) in [4.78, 5) is 16.8. The van der Waals surface area contributed by atoms with Crippen molar-refractivity contribution in [2.45, 2.75) is 13.1 Å². The highest BCUT2D eigenvalue weighted by molar-refractivity contribution is 6.09. The molecule has 0 unspecified atom stereocenters. The highest BCUT2D eigenvalue weighted by atomic mass is 19.4. The van der Waals surface area contributed by atoms with Gasteiger partial charge in [-0.15, -0.1) is 0 Å². The van der Waals surface area contributed by atoms with Gasteiger partial charge in [0.1, 0.15) is 5.82 Å². The van der Waals surface area contributed by atoms with Crippen LogP contribution < -0.4 is 10.8 Å². The molecule has 0 spiro atoms. The largest absolute Gasteiger partial charge is 0.434 e. The lowest BCUT2D eigenvalue weighted by Gasteiger charge is -2.12. The second kappa shape index (κ2) is 9.34. The monoisotopic (exact) mass is 489 g/mol. The summed E-state index contributed by atoms with van der Waals surface area (Å²) in [7, 11) is 0. The van der Waals surface area contributed by atoms with Gasteiger partial charge in [0, 0.05) is 0 Å². The summed E-state index contributed by atoms with van der Waals surface area (Å²) >= 11 is 0. The molecule has 0 saturated carbocycles. The third-order valence-corrected chi connectivity index (χ3v) is 4.72. The number of hydrogen-bond acceptors (Lipinski definition) is 7. The van der Waals surface area contributed by atoms with Crippen molar-refractivity contribution in [1.29, 1.82) is 0 Å². The Morgan fingerprint density at radius 3 is 2.54 bits per heavy atom. The number of hydrogen-bond donors (Lipinski definition) is 3. The average Bonchev–Trinajstić information content (AvgIpc) is 3.48. The number of hydroxylamine groups is 1. The van der Waals surface area contributed by atoms with Crippen molar-refractivity contribution >= 4 is 23.2 Å². The topological polar surface area (TPSA) is 130 Å². The van der Waals surface area contributed by atoms with Gasteiger partial charge in [0.05, 0.1) is 23.1 Å². The SMILES string of the molecule is Cc1cc(N=C(NO)c2nonc2NC(=O)c2cnn(-c3ccccc3)c2C(F)(F)F)ccc1F. The number of nitrogens with one attached hydrogen (secondary N) is 2. The lowest BCUT2D eigenvalue weighted by Crippen LogP contribution is -2.24. The molecule has 0 radical (unpaired) electrons. The molecule has 35 heavy (non-hydrogen) atoms. The summed E-state index contributed by atoms with van der Waals surface area (Å²) in [6, 6.07) is 11.3. The molecule has 0 bridgehead atoms. The number of carbonyl (C=O) groups is 1. The van der Waals surface area contributed by atoms with Gasteiger partial charge in [-0.05, 0) is 53.1 Å². The standard InChI is InChI=1S/C21H15F4N7O3/c1-11-9-12(7-8-15(11)22)27-18(29-34)16-19(31-35-30-16)28-20(33)14-10-26-32(17(14)21(23,24)25)13-5-3-2-4-6-13/h2-10,34H,1H3,(H,27,29)(H,28,31,33). The molecule has 0 saturated heterocycles. The minimum absolute atomic E-state index is 0.0937. The Kier molecular flexibility index (Phi) is 6.29. The van der Waals surface area contributed by atoms with Gasteiger partial charge < -0.3 is 5.32 Å². The zero-order valence-electron chi connectivity index (χ0n) is 17.7. The zero-order valence-corrected chi connectivity index (χ0v) is 17.7. The van der Waals surface area contributed by atoms with Gasteiger partial charge in [-0.25, -0.2) is 18.7 Å². The second-order valence-corrected chi connectivity index (χ2v) is 7.07. The van der Waals surface area contributed by atoms with Gasteiger partial charge in [-0.2, -0.15) is 18.3 Å². The van der Waals surface area contributed by atoms with Crippen LogP contribution in [0.25, 0.3) is 5.69 Å². The van der Waals surface area contributed by atoms with E-state index in [9.17, 15) is 27.6 Å². The normalized spacial score (nSPS) is 12.0. The van der Waals surface area contributed by atoms with E-state index in [4.69, 9.17) is 0 Å².